The lowest BCUT2D eigenvalue weighted by molar-refractivity contribution is -0.237. The van der Waals surface area contributed by atoms with E-state index in [0.29, 0.717) is 74.7 Å². The molecule has 0 aliphatic carbocycles. The Morgan fingerprint density at radius 1 is 0.317 bits per heavy atom. The quantitative estimate of drug-likeness (QED) is 0.00898. The first-order valence-corrected chi connectivity index (χ1v) is 39.0. The van der Waals surface area contributed by atoms with E-state index in [1.54, 1.807) is 109 Å². The zero-order valence-electron chi connectivity index (χ0n) is 69.6. The van der Waals surface area contributed by atoms with E-state index >= 15 is 0 Å². The summed E-state index contributed by atoms with van der Waals surface area (Å²) in [4.78, 5) is 129. The van der Waals surface area contributed by atoms with E-state index in [0.717, 1.165) is 18.3 Å². The first-order valence-electron chi connectivity index (χ1n) is 39.0. The first-order chi connectivity index (χ1) is 60.0. The average Bonchev–Trinajstić information content (AvgIpc) is 0.792. The molecule has 30 heteroatoms. The molecular formula is C96H89F7N2O21. The van der Waals surface area contributed by atoms with Crippen molar-refractivity contribution in [1.29, 1.82) is 0 Å². The highest BCUT2D eigenvalue weighted by Crippen LogP contribution is 2.35. The molecule has 0 fully saturated rings. The van der Waals surface area contributed by atoms with Crippen LogP contribution in [0.15, 0.2) is 243 Å². The Balaban J connectivity index is 0.000000297. The van der Waals surface area contributed by atoms with Gasteiger partial charge in [0.05, 0.1) is 42.1 Å². The fraction of sp³-hybridized carbons (Fsp3) is 0.229. The van der Waals surface area contributed by atoms with Crippen molar-refractivity contribution < 1.29 is 131 Å². The lowest BCUT2D eigenvalue weighted by Crippen LogP contribution is -2.17. The molecule has 10 aromatic carbocycles. The van der Waals surface area contributed by atoms with Crippen LogP contribution in [0.2, 0.25) is 0 Å². The predicted molar refractivity (Wildman–Crippen MR) is 454 cm³/mol. The molecule has 0 bridgehead atoms. The summed E-state index contributed by atoms with van der Waals surface area (Å²) in [5.74, 6) is -4.08. The van der Waals surface area contributed by atoms with E-state index in [2.05, 4.69) is 23.8 Å². The zero-order valence-corrected chi connectivity index (χ0v) is 69.6. The number of ether oxygens (including phenoxy) is 11. The Kier molecular flexibility index (Phi) is 36.1. The van der Waals surface area contributed by atoms with Crippen molar-refractivity contribution in [1.82, 2.24) is 0 Å². The number of carbonyl (C=O) groups excluding carboxylic acids is 10. The highest BCUT2D eigenvalue weighted by atomic mass is 19.5. The number of alkyl halides is 7. The molecule has 126 heavy (non-hydrogen) atoms. The molecule has 23 nitrogen and oxygen atoms in total. The third-order valence-corrected chi connectivity index (χ3v) is 17.8. The number of unbranched alkanes of at least 4 members (excludes halogenated alkanes) is 1. The van der Waals surface area contributed by atoms with Crippen molar-refractivity contribution in [3.05, 3.63) is 298 Å². The third kappa shape index (κ3) is 31.6. The Bertz CT molecular complexity index is 5500. The van der Waals surface area contributed by atoms with Gasteiger partial charge in [0.25, 0.3) is 0 Å². The van der Waals surface area contributed by atoms with Crippen molar-refractivity contribution in [2.45, 2.75) is 85.5 Å². The van der Waals surface area contributed by atoms with E-state index < -0.39 is 84.4 Å². The summed E-state index contributed by atoms with van der Waals surface area (Å²) in [5, 5.41) is 6.12. The second-order valence-electron chi connectivity index (χ2n) is 27.9. The van der Waals surface area contributed by atoms with Gasteiger partial charge in [0, 0.05) is 78.1 Å². The number of hydrogen-bond donors (Lipinski definition) is 2. The molecule has 0 saturated heterocycles. The summed E-state index contributed by atoms with van der Waals surface area (Å²) in [6.07, 6.45) is -5.68. The molecule has 10 aromatic rings. The lowest BCUT2D eigenvalue weighted by atomic mass is 9.92. The van der Waals surface area contributed by atoms with Gasteiger partial charge in [0.2, 0.25) is 5.92 Å². The molecular weight excluding hydrogens is 1650 g/mol. The number of halogens is 7. The normalized spacial score (nSPS) is 10.8. The Labute approximate surface area is 721 Å². The highest BCUT2D eigenvalue weighted by Gasteiger charge is 2.28. The molecule has 0 aromatic heterocycles. The molecule has 10 rings (SSSR count). The van der Waals surface area contributed by atoms with Gasteiger partial charge in [0.1, 0.15) is 83.9 Å². The Morgan fingerprint density at radius 2 is 0.579 bits per heavy atom. The smallest absolute Gasteiger partial charge is 0.462 e. The second-order valence-corrected chi connectivity index (χ2v) is 27.9. The van der Waals surface area contributed by atoms with Crippen molar-refractivity contribution >= 4 is 70.3 Å². The van der Waals surface area contributed by atoms with Crippen molar-refractivity contribution in [2.24, 2.45) is 0 Å². The van der Waals surface area contributed by atoms with Crippen LogP contribution in [0.4, 0.5) is 42.1 Å². The predicted octanol–water partition coefficient (Wildman–Crippen LogP) is 21.9. The van der Waals surface area contributed by atoms with Crippen LogP contribution in [0.3, 0.4) is 0 Å². The number of benzene rings is 10. The molecule has 0 radical (unpaired) electrons. The minimum Gasteiger partial charge on any atom is -0.462 e. The van der Waals surface area contributed by atoms with Gasteiger partial charge in [-0.1, -0.05) is 49.6 Å². The van der Waals surface area contributed by atoms with E-state index in [1.807, 2.05) is 62.6 Å². The van der Waals surface area contributed by atoms with Gasteiger partial charge in [-0.2, -0.15) is 0 Å². The monoisotopic (exact) mass is 1740 g/mol. The van der Waals surface area contributed by atoms with Crippen LogP contribution < -0.4 is 34.3 Å². The van der Waals surface area contributed by atoms with Gasteiger partial charge in [-0.3, -0.25) is 23.6 Å². The van der Waals surface area contributed by atoms with Crippen LogP contribution in [0.25, 0.3) is 11.1 Å². The van der Waals surface area contributed by atoms with Crippen LogP contribution in [0.5, 0.6) is 57.5 Å². The number of carbonyl (C=O) groups is 10. The Hall–Kier alpha value is -14.7. The molecule has 0 amide bonds. The summed E-state index contributed by atoms with van der Waals surface area (Å²) in [5.41, 5.74) is 4.43. The maximum absolute atomic E-state index is 13.9. The molecule has 0 aliphatic heterocycles. The number of Topliss-reactive ketones (excluding diaryl/α,β-unsaturated/α-hetero) is 4. The van der Waals surface area contributed by atoms with Crippen molar-refractivity contribution in [3.8, 4) is 68.6 Å². The van der Waals surface area contributed by atoms with E-state index in [-0.39, 0.29) is 132 Å². The average molecular weight is 1740 g/mol. The van der Waals surface area contributed by atoms with Crippen LogP contribution in [0, 0.1) is 0 Å². The summed E-state index contributed by atoms with van der Waals surface area (Å²) < 4.78 is 139. The van der Waals surface area contributed by atoms with Crippen LogP contribution in [-0.4, -0.2) is 132 Å². The highest BCUT2D eigenvalue weighted by molar-refractivity contribution is 6.10. The van der Waals surface area contributed by atoms with Gasteiger partial charge < -0.3 is 62.7 Å². The summed E-state index contributed by atoms with van der Waals surface area (Å²) in [6.45, 7) is 11.5. The van der Waals surface area contributed by atoms with E-state index in [9.17, 15) is 78.7 Å². The molecule has 0 spiro atoms. The minimum absolute atomic E-state index is 0.00895. The minimum atomic E-state index is -5.50. The summed E-state index contributed by atoms with van der Waals surface area (Å²) in [6, 6.07) is 60.4. The second kappa shape index (κ2) is 47.1. The molecule has 0 atom stereocenters. The first kappa shape index (κ1) is 96.7. The van der Waals surface area contributed by atoms with Gasteiger partial charge >= 0.3 is 42.2 Å². The molecule has 2 N–H and O–H groups in total. The summed E-state index contributed by atoms with van der Waals surface area (Å²) >= 11 is 0. The van der Waals surface area contributed by atoms with Crippen LogP contribution in [-0.2, 0) is 50.9 Å². The molecule has 0 heterocycles. The molecule has 658 valence electrons. The maximum atomic E-state index is 13.9. The number of nitrogens with one attached hydrogen (secondary N) is 2. The topological polar surface area (TPSA) is 296 Å². The fourth-order valence-corrected chi connectivity index (χ4v) is 11.5. The van der Waals surface area contributed by atoms with Gasteiger partial charge in [-0.15, -0.1) is 17.6 Å². The number of rotatable bonds is 41. The largest absolute Gasteiger partial charge is 0.559 e. The SMILES string of the molecule is C=C(C)C(=O)OCCOC(=O)c1ccc(Oc2ccc(C(=O)OCCOC(=O)C(=C)C)c(C(=O)Cc3ccc(Oc4ccc(Oc5ccc(NC)cc5)cc4)cc3)c2)cc1C(C)=O.CNc1ccc(Oc2ccc(Oc3ccc(CC(=O)c4cc(-c5ccc(C(=O)OCCCC(C)(F)F)c(C(C)=O)c5)ccc4C(=O)OCCCCF)cc3)cc2)cc1.FC(F)(F)F. The van der Waals surface area contributed by atoms with Gasteiger partial charge in [0.15, 0.2) is 23.1 Å². The molecule has 0 saturated carbocycles. The number of hydrogen-bond acceptors (Lipinski definition) is 23. The molecule has 0 aliphatic rings. The standard InChI is InChI=1S/C49H45NO13.C46H44F3NO8.CF4/c1-30(2)46(53)57-23-25-59-48(55)41-21-19-39(28-43(41)32(5)51)63-40-20-22-42(49(56)60-26-24-58-47(54)31(3)4)44(29-40)45(52)27-33-7-11-35(12-8-33)61-37-15-17-38(18-16-37)62-36-13-9-34(50-6)10-14-36;1-30(51)41-28-32(9-21-39(41)44(53)56-26-6-23-46(2,48)49)33-10-22-40(45(54)55-25-5-4-24-47)42(29-33)43(52)27-31-7-13-35(14-8-31)57-37-17-19-38(20-18-37)58-36-15-11-34(50-3)12-16-36;2-1(3,4)5/h7-22,28-29,50H,1,3,23-27H2,2,4-6H3;7-22,28-29,50H,4-6,23-27H2,1-3H3;. The number of ketones is 4. The van der Waals surface area contributed by atoms with Gasteiger partial charge in [-0.25, -0.2) is 37.5 Å². The summed E-state index contributed by atoms with van der Waals surface area (Å²) in [7, 11) is 3.68. The van der Waals surface area contributed by atoms with Crippen molar-refractivity contribution in [2.75, 3.05) is 71.0 Å². The maximum Gasteiger partial charge on any atom is 0.559 e. The Morgan fingerprint density at radius 3 is 0.905 bits per heavy atom. The van der Waals surface area contributed by atoms with E-state index in [1.165, 1.54) is 88.4 Å². The van der Waals surface area contributed by atoms with Crippen LogP contribution in [0.1, 0.15) is 154 Å². The lowest BCUT2D eigenvalue weighted by Gasteiger charge is -2.14. The number of esters is 6. The zero-order chi connectivity index (χ0) is 91.6. The van der Waals surface area contributed by atoms with Crippen molar-refractivity contribution in [3.63, 3.8) is 0 Å². The number of anilines is 2. The van der Waals surface area contributed by atoms with Gasteiger partial charge in [-0.05, 0) is 258 Å². The molecule has 0 unspecified atom stereocenters. The fourth-order valence-electron chi connectivity index (χ4n) is 11.5. The third-order valence-electron chi connectivity index (χ3n) is 17.8. The van der Waals surface area contributed by atoms with E-state index in [4.69, 9.17) is 52.1 Å². The van der Waals surface area contributed by atoms with Crippen LogP contribution >= 0.6 is 0 Å².